The summed E-state index contributed by atoms with van der Waals surface area (Å²) < 4.78 is 0. The fourth-order valence-corrected chi connectivity index (χ4v) is 1.09. The number of nitrogens with zero attached hydrogens (tertiary/aromatic N) is 1. The zero-order valence-corrected chi connectivity index (χ0v) is 8.05. The maximum Gasteiger partial charge on any atom is 0.143 e. The van der Waals surface area contributed by atoms with Crippen LogP contribution in [0.4, 0.5) is 0 Å². The van der Waals surface area contributed by atoms with E-state index < -0.39 is 0 Å². The molecule has 0 aromatic heterocycles. The standard InChI is InChI=1S/C9H19NO/c1-5-6-10(8(2)3)7-9(4)11/h8H,5-7H2,1-4H3. The fourth-order valence-electron chi connectivity index (χ4n) is 1.09. The molecule has 0 aliphatic carbocycles. The first-order valence-electron chi connectivity index (χ1n) is 4.31. The number of hydrogen-bond acceptors (Lipinski definition) is 2. The van der Waals surface area contributed by atoms with Crippen LogP contribution in [0.1, 0.15) is 34.1 Å². The van der Waals surface area contributed by atoms with Gasteiger partial charge in [-0.25, -0.2) is 0 Å². The van der Waals surface area contributed by atoms with Gasteiger partial charge >= 0.3 is 0 Å². The lowest BCUT2D eigenvalue weighted by atomic mass is 10.2. The van der Waals surface area contributed by atoms with Gasteiger partial charge in [0.15, 0.2) is 0 Å². The molecule has 0 rings (SSSR count). The Labute approximate surface area is 69.6 Å². The topological polar surface area (TPSA) is 20.3 Å². The molecule has 0 heterocycles. The van der Waals surface area contributed by atoms with E-state index in [2.05, 4.69) is 25.7 Å². The van der Waals surface area contributed by atoms with E-state index in [0.717, 1.165) is 13.0 Å². The maximum atomic E-state index is 10.8. The van der Waals surface area contributed by atoms with Gasteiger partial charge in [-0.15, -0.1) is 0 Å². The molecule has 0 spiro atoms. The van der Waals surface area contributed by atoms with Crippen molar-refractivity contribution in [1.29, 1.82) is 0 Å². The molecule has 0 bridgehead atoms. The summed E-state index contributed by atoms with van der Waals surface area (Å²) in [7, 11) is 0. The van der Waals surface area contributed by atoms with Gasteiger partial charge in [0.2, 0.25) is 0 Å². The normalized spacial score (nSPS) is 11.1. The third-order valence-corrected chi connectivity index (χ3v) is 1.67. The Morgan fingerprint density at radius 3 is 2.27 bits per heavy atom. The first-order valence-corrected chi connectivity index (χ1v) is 4.31. The summed E-state index contributed by atoms with van der Waals surface area (Å²) in [4.78, 5) is 13.0. The zero-order chi connectivity index (χ0) is 8.85. The van der Waals surface area contributed by atoms with Crippen LogP contribution in [0.2, 0.25) is 0 Å². The molecule has 0 amide bonds. The molecule has 2 heteroatoms. The average molecular weight is 157 g/mol. The van der Waals surface area contributed by atoms with Crippen LogP contribution in [-0.2, 0) is 4.79 Å². The molecule has 0 N–H and O–H groups in total. The van der Waals surface area contributed by atoms with Gasteiger partial charge in [0.05, 0.1) is 6.54 Å². The molecule has 0 aromatic rings. The van der Waals surface area contributed by atoms with Crippen molar-refractivity contribution in [2.24, 2.45) is 0 Å². The molecule has 0 saturated heterocycles. The molecule has 11 heavy (non-hydrogen) atoms. The highest BCUT2D eigenvalue weighted by Crippen LogP contribution is 1.98. The second-order valence-electron chi connectivity index (χ2n) is 3.27. The lowest BCUT2D eigenvalue weighted by Gasteiger charge is -2.24. The second kappa shape index (κ2) is 5.30. The van der Waals surface area contributed by atoms with E-state index in [-0.39, 0.29) is 5.78 Å². The van der Waals surface area contributed by atoms with Crippen molar-refractivity contribution < 1.29 is 4.79 Å². The van der Waals surface area contributed by atoms with Gasteiger partial charge in [-0.3, -0.25) is 9.69 Å². The summed E-state index contributed by atoms with van der Waals surface area (Å²) in [6, 6.07) is 0.485. The number of carbonyl (C=O) groups is 1. The van der Waals surface area contributed by atoms with Gasteiger partial charge in [0, 0.05) is 6.04 Å². The summed E-state index contributed by atoms with van der Waals surface area (Å²) in [5, 5.41) is 0. The van der Waals surface area contributed by atoms with Gasteiger partial charge in [-0.05, 0) is 33.7 Å². The summed E-state index contributed by atoms with van der Waals surface area (Å²) in [6.45, 7) is 9.65. The molecule has 0 aromatic carbocycles. The van der Waals surface area contributed by atoms with Crippen molar-refractivity contribution in [3.05, 3.63) is 0 Å². The second-order valence-corrected chi connectivity index (χ2v) is 3.27. The minimum absolute atomic E-state index is 0.257. The van der Waals surface area contributed by atoms with Crippen molar-refractivity contribution in [3.63, 3.8) is 0 Å². The van der Waals surface area contributed by atoms with E-state index >= 15 is 0 Å². The highest BCUT2D eigenvalue weighted by molar-refractivity contribution is 5.77. The van der Waals surface area contributed by atoms with Crippen molar-refractivity contribution in [1.82, 2.24) is 4.90 Å². The van der Waals surface area contributed by atoms with Crippen molar-refractivity contribution in [3.8, 4) is 0 Å². The van der Waals surface area contributed by atoms with E-state index in [9.17, 15) is 4.79 Å². The van der Waals surface area contributed by atoms with E-state index in [1.807, 2.05) is 0 Å². The molecule has 0 radical (unpaired) electrons. The third-order valence-electron chi connectivity index (χ3n) is 1.67. The van der Waals surface area contributed by atoms with Crippen LogP contribution in [-0.4, -0.2) is 29.8 Å². The van der Waals surface area contributed by atoms with Gasteiger partial charge in [0.25, 0.3) is 0 Å². The molecular weight excluding hydrogens is 138 g/mol. The number of Topliss-reactive ketones (excluding diaryl/α,β-unsaturated/α-hetero) is 1. The van der Waals surface area contributed by atoms with Gasteiger partial charge in [-0.2, -0.15) is 0 Å². The Bertz CT molecular complexity index is 121. The molecule has 0 unspecified atom stereocenters. The van der Waals surface area contributed by atoms with Crippen LogP contribution in [0, 0.1) is 0 Å². The smallest absolute Gasteiger partial charge is 0.143 e. The molecule has 0 saturated carbocycles. The summed E-state index contributed by atoms with van der Waals surface area (Å²) >= 11 is 0. The van der Waals surface area contributed by atoms with Crippen molar-refractivity contribution >= 4 is 5.78 Å². The molecule has 0 atom stereocenters. The van der Waals surface area contributed by atoms with Crippen LogP contribution in [0.3, 0.4) is 0 Å². The summed E-state index contributed by atoms with van der Waals surface area (Å²) in [6.07, 6.45) is 1.12. The van der Waals surface area contributed by atoms with Crippen LogP contribution in [0.25, 0.3) is 0 Å². The molecule has 0 aliphatic rings. The largest absolute Gasteiger partial charge is 0.299 e. The van der Waals surface area contributed by atoms with Gasteiger partial charge in [0.1, 0.15) is 5.78 Å². The number of carbonyl (C=O) groups excluding carboxylic acids is 1. The summed E-state index contributed by atoms with van der Waals surface area (Å²) in [5.74, 6) is 0.257. The van der Waals surface area contributed by atoms with E-state index in [0.29, 0.717) is 12.6 Å². The fraction of sp³-hybridized carbons (Fsp3) is 0.889. The highest BCUT2D eigenvalue weighted by atomic mass is 16.1. The van der Waals surface area contributed by atoms with Crippen LogP contribution >= 0.6 is 0 Å². The highest BCUT2D eigenvalue weighted by Gasteiger charge is 2.09. The average Bonchev–Trinajstić information content (AvgIpc) is 1.86. The van der Waals surface area contributed by atoms with Crippen molar-refractivity contribution in [2.45, 2.75) is 40.2 Å². The minimum Gasteiger partial charge on any atom is -0.299 e. The lowest BCUT2D eigenvalue weighted by Crippen LogP contribution is -2.35. The number of hydrogen-bond donors (Lipinski definition) is 0. The lowest BCUT2D eigenvalue weighted by molar-refractivity contribution is -0.118. The van der Waals surface area contributed by atoms with E-state index in [4.69, 9.17) is 0 Å². The maximum absolute atomic E-state index is 10.8. The van der Waals surface area contributed by atoms with Crippen LogP contribution in [0.15, 0.2) is 0 Å². The third kappa shape index (κ3) is 4.96. The molecule has 2 nitrogen and oxygen atoms in total. The first-order chi connectivity index (χ1) is 5.07. The van der Waals surface area contributed by atoms with E-state index in [1.165, 1.54) is 0 Å². The molecule has 0 fully saturated rings. The van der Waals surface area contributed by atoms with E-state index in [1.54, 1.807) is 6.92 Å². The SMILES string of the molecule is CCCN(CC(C)=O)C(C)C. The monoisotopic (exact) mass is 157 g/mol. The Balaban J connectivity index is 3.79. The summed E-state index contributed by atoms with van der Waals surface area (Å²) in [5.41, 5.74) is 0. The van der Waals surface area contributed by atoms with Crippen LogP contribution < -0.4 is 0 Å². The zero-order valence-electron chi connectivity index (χ0n) is 8.05. The van der Waals surface area contributed by atoms with Gasteiger partial charge < -0.3 is 0 Å². The Morgan fingerprint density at radius 1 is 1.45 bits per heavy atom. The number of rotatable bonds is 5. The molecule has 66 valence electrons. The number of ketones is 1. The Kier molecular flexibility index (Phi) is 5.12. The van der Waals surface area contributed by atoms with Crippen LogP contribution in [0.5, 0.6) is 0 Å². The predicted octanol–water partition coefficient (Wildman–Crippen LogP) is 1.70. The van der Waals surface area contributed by atoms with Crippen molar-refractivity contribution in [2.75, 3.05) is 13.1 Å². The Hall–Kier alpha value is -0.370. The minimum atomic E-state index is 0.257. The molecular formula is C9H19NO. The van der Waals surface area contributed by atoms with Gasteiger partial charge in [-0.1, -0.05) is 6.92 Å². The quantitative estimate of drug-likeness (QED) is 0.605. The molecule has 0 aliphatic heterocycles. The Morgan fingerprint density at radius 2 is 2.00 bits per heavy atom. The first kappa shape index (κ1) is 10.6. The predicted molar refractivity (Wildman–Crippen MR) is 47.7 cm³/mol.